The summed E-state index contributed by atoms with van der Waals surface area (Å²) in [6.07, 6.45) is 0. The van der Waals surface area contributed by atoms with Crippen molar-refractivity contribution in [2.45, 2.75) is 4.90 Å². The summed E-state index contributed by atoms with van der Waals surface area (Å²) in [5.41, 5.74) is 8.20. The van der Waals surface area contributed by atoms with E-state index >= 15 is 0 Å². The molecule has 0 saturated carbocycles. The van der Waals surface area contributed by atoms with Gasteiger partial charge in [-0.1, -0.05) is 48.5 Å². The minimum atomic E-state index is -3.70. The molecule has 3 N–H and O–H groups in total. The average Bonchev–Trinajstić information content (AvgIpc) is 2.58. The summed E-state index contributed by atoms with van der Waals surface area (Å²) >= 11 is 0. The van der Waals surface area contributed by atoms with Gasteiger partial charge in [-0.15, -0.1) is 0 Å². The molecule has 116 valence electrons. The van der Waals surface area contributed by atoms with Gasteiger partial charge in [-0.25, -0.2) is 8.42 Å². The van der Waals surface area contributed by atoms with E-state index < -0.39 is 10.0 Å². The Kier molecular flexibility index (Phi) is 4.04. The number of hydrogen-bond donors (Lipinski definition) is 2. The van der Waals surface area contributed by atoms with Crippen molar-refractivity contribution in [3.05, 3.63) is 78.9 Å². The van der Waals surface area contributed by atoms with Crippen LogP contribution in [0.4, 0.5) is 11.4 Å². The molecule has 5 heteroatoms. The minimum absolute atomic E-state index is 0.239. The normalized spacial score (nSPS) is 11.1. The van der Waals surface area contributed by atoms with E-state index in [0.29, 0.717) is 16.9 Å². The molecular formula is C18H16N2O2S. The third kappa shape index (κ3) is 3.35. The van der Waals surface area contributed by atoms with Crippen molar-refractivity contribution in [2.75, 3.05) is 10.5 Å². The topological polar surface area (TPSA) is 72.2 Å². The highest BCUT2D eigenvalue weighted by Gasteiger charge is 2.19. The summed E-state index contributed by atoms with van der Waals surface area (Å²) < 4.78 is 28.1. The molecule has 3 aromatic rings. The molecule has 0 unspecified atom stereocenters. The summed E-state index contributed by atoms with van der Waals surface area (Å²) in [5.74, 6) is 0. The van der Waals surface area contributed by atoms with Gasteiger partial charge < -0.3 is 5.73 Å². The zero-order valence-corrected chi connectivity index (χ0v) is 13.1. The van der Waals surface area contributed by atoms with Crippen molar-refractivity contribution in [2.24, 2.45) is 0 Å². The van der Waals surface area contributed by atoms with Gasteiger partial charge in [0.05, 0.1) is 4.90 Å². The van der Waals surface area contributed by atoms with Crippen molar-refractivity contribution in [1.82, 2.24) is 0 Å². The highest BCUT2D eigenvalue weighted by Crippen LogP contribution is 2.28. The predicted octanol–water partition coefficient (Wildman–Crippen LogP) is 3.74. The van der Waals surface area contributed by atoms with Crippen LogP contribution in [0.15, 0.2) is 83.8 Å². The summed E-state index contributed by atoms with van der Waals surface area (Å²) in [5, 5.41) is 0. The highest BCUT2D eigenvalue weighted by molar-refractivity contribution is 7.92. The molecule has 0 amide bonds. The Morgan fingerprint density at radius 3 is 2.04 bits per heavy atom. The Morgan fingerprint density at radius 1 is 0.739 bits per heavy atom. The molecule has 0 fully saturated rings. The third-order valence-corrected chi connectivity index (χ3v) is 4.86. The standard InChI is InChI=1S/C18H16N2O2S/c19-15-10-12-16(13-11-15)20-23(21,22)18-9-5-4-8-17(18)14-6-2-1-3-7-14/h1-13,20H,19H2. The van der Waals surface area contributed by atoms with E-state index in [9.17, 15) is 8.42 Å². The molecular weight excluding hydrogens is 308 g/mol. The van der Waals surface area contributed by atoms with E-state index in [4.69, 9.17) is 5.73 Å². The minimum Gasteiger partial charge on any atom is -0.399 e. The van der Waals surface area contributed by atoms with Crippen LogP contribution in [0.3, 0.4) is 0 Å². The zero-order valence-electron chi connectivity index (χ0n) is 12.3. The molecule has 4 nitrogen and oxygen atoms in total. The van der Waals surface area contributed by atoms with Gasteiger partial charge in [-0.05, 0) is 35.9 Å². The van der Waals surface area contributed by atoms with Crippen LogP contribution < -0.4 is 10.5 Å². The van der Waals surface area contributed by atoms with Crippen molar-refractivity contribution in [3.8, 4) is 11.1 Å². The van der Waals surface area contributed by atoms with Gasteiger partial charge in [-0.3, -0.25) is 4.72 Å². The van der Waals surface area contributed by atoms with Crippen LogP contribution in [0.25, 0.3) is 11.1 Å². The van der Waals surface area contributed by atoms with Crippen molar-refractivity contribution in [1.29, 1.82) is 0 Å². The van der Waals surface area contributed by atoms with Gasteiger partial charge in [0.1, 0.15) is 0 Å². The van der Waals surface area contributed by atoms with Crippen molar-refractivity contribution in [3.63, 3.8) is 0 Å². The number of benzene rings is 3. The molecule has 0 aliphatic carbocycles. The second kappa shape index (κ2) is 6.14. The fraction of sp³-hybridized carbons (Fsp3) is 0. The Morgan fingerprint density at radius 2 is 1.35 bits per heavy atom. The molecule has 0 heterocycles. The monoisotopic (exact) mass is 324 g/mol. The molecule has 0 aliphatic heterocycles. The van der Waals surface area contributed by atoms with Crippen LogP contribution in [-0.2, 0) is 10.0 Å². The number of sulfonamides is 1. The lowest BCUT2D eigenvalue weighted by atomic mass is 10.1. The molecule has 3 aromatic carbocycles. The Labute approximate surface area is 135 Å². The third-order valence-electron chi connectivity index (χ3n) is 3.42. The van der Waals surface area contributed by atoms with Crippen LogP contribution in [0.2, 0.25) is 0 Å². The Hall–Kier alpha value is -2.79. The molecule has 0 bridgehead atoms. The molecule has 0 saturated heterocycles. The second-order valence-electron chi connectivity index (χ2n) is 5.09. The van der Waals surface area contributed by atoms with Crippen LogP contribution in [-0.4, -0.2) is 8.42 Å². The molecule has 0 aliphatic rings. The number of nitrogen functional groups attached to an aromatic ring is 1. The van der Waals surface area contributed by atoms with E-state index in [1.807, 2.05) is 36.4 Å². The fourth-order valence-corrected chi connectivity index (χ4v) is 3.61. The fourth-order valence-electron chi connectivity index (χ4n) is 2.32. The van der Waals surface area contributed by atoms with Crippen LogP contribution in [0, 0.1) is 0 Å². The first-order valence-corrected chi connectivity index (χ1v) is 8.57. The SMILES string of the molecule is Nc1ccc(NS(=O)(=O)c2ccccc2-c2ccccc2)cc1. The largest absolute Gasteiger partial charge is 0.399 e. The van der Waals surface area contributed by atoms with Crippen LogP contribution in [0.5, 0.6) is 0 Å². The maximum atomic E-state index is 12.7. The van der Waals surface area contributed by atoms with E-state index in [-0.39, 0.29) is 4.90 Å². The van der Waals surface area contributed by atoms with Gasteiger partial charge in [0.25, 0.3) is 10.0 Å². The maximum Gasteiger partial charge on any atom is 0.262 e. The first-order valence-electron chi connectivity index (χ1n) is 7.09. The lowest BCUT2D eigenvalue weighted by Crippen LogP contribution is -2.14. The Balaban J connectivity index is 2.02. The quantitative estimate of drug-likeness (QED) is 0.718. The highest BCUT2D eigenvalue weighted by atomic mass is 32.2. The predicted molar refractivity (Wildman–Crippen MR) is 93.5 cm³/mol. The average molecular weight is 324 g/mol. The summed E-state index contributed by atoms with van der Waals surface area (Å²) in [4.78, 5) is 0.239. The van der Waals surface area contributed by atoms with Gasteiger partial charge in [-0.2, -0.15) is 0 Å². The molecule has 0 radical (unpaired) electrons. The molecule has 3 rings (SSSR count). The van der Waals surface area contributed by atoms with E-state index in [0.717, 1.165) is 5.56 Å². The van der Waals surface area contributed by atoms with E-state index in [2.05, 4.69) is 4.72 Å². The second-order valence-corrected chi connectivity index (χ2v) is 6.74. The van der Waals surface area contributed by atoms with E-state index in [1.54, 1.807) is 42.5 Å². The van der Waals surface area contributed by atoms with Crippen LogP contribution in [0.1, 0.15) is 0 Å². The Bertz CT molecular complexity index is 905. The molecule has 0 aromatic heterocycles. The lowest BCUT2D eigenvalue weighted by Gasteiger charge is -2.12. The molecule has 0 atom stereocenters. The van der Waals surface area contributed by atoms with Gasteiger partial charge in [0, 0.05) is 16.9 Å². The summed E-state index contributed by atoms with van der Waals surface area (Å²) in [6, 6.07) is 22.9. The summed E-state index contributed by atoms with van der Waals surface area (Å²) in [7, 11) is -3.70. The van der Waals surface area contributed by atoms with Crippen molar-refractivity contribution < 1.29 is 8.42 Å². The van der Waals surface area contributed by atoms with Crippen molar-refractivity contribution >= 4 is 21.4 Å². The van der Waals surface area contributed by atoms with E-state index in [1.165, 1.54) is 0 Å². The van der Waals surface area contributed by atoms with Crippen LogP contribution >= 0.6 is 0 Å². The van der Waals surface area contributed by atoms with Gasteiger partial charge in [0.2, 0.25) is 0 Å². The lowest BCUT2D eigenvalue weighted by molar-refractivity contribution is 0.601. The van der Waals surface area contributed by atoms with Gasteiger partial charge >= 0.3 is 0 Å². The number of nitrogens with one attached hydrogen (secondary N) is 1. The number of hydrogen-bond acceptors (Lipinski definition) is 3. The first-order chi connectivity index (χ1) is 11.1. The number of nitrogens with two attached hydrogens (primary N) is 1. The zero-order chi connectivity index (χ0) is 16.3. The number of rotatable bonds is 4. The maximum absolute atomic E-state index is 12.7. The first kappa shape index (κ1) is 15.1. The molecule has 23 heavy (non-hydrogen) atoms. The summed E-state index contributed by atoms with van der Waals surface area (Å²) in [6.45, 7) is 0. The number of anilines is 2. The van der Waals surface area contributed by atoms with Gasteiger partial charge in [0.15, 0.2) is 0 Å². The molecule has 0 spiro atoms. The smallest absolute Gasteiger partial charge is 0.262 e.